The largest absolute Gasteiger partial charge is 0.358 e. The van der Waals surface area contributed by atoms with Crippen molar-refractivity contribution in [1.82, 2.24) is 4.90 Å². The van der Waals surface area contributed by atoms with Gasteiger partial charge in [-0.15, -0.1) is 13.0 Å². The average Bonchev–Trinajstić information content (AvgIpc) is 2.87. The molecule has 0 fully saturated rings. The summed E-state index contributed by atoms with van der Waals surface area (Å²) in [5.41, 5.74) is 0. The molecular weight excluding hydrogens is 314 g/mol. The Balaban J connectivity index is -0.0000000439. The van der Waals surface area contributed by atoms with Crippen LogP contribution in [0.4, 0.5) is 0 Å². The molecule has 0 spiro atoms. The van der Waals surface area contributed by atoms with Crippen molar-refractivity contribution >= 4 is 0 Å². The minimum atomic E-state index is 0. The van der Waals surface area contributed by atoms with E-state index in [0.717, 1.165) is 13.0 Å². The summed E-state index contributed by atoms with van der Waals surface area (Å²) in [7, 11) is 3.99. The van der Waals surface area contributed by atoms with Gasteiger partial charge in [-0.2, -0.15) is 6.08 Å². The van der Waals surface area contributed by atoms with E-state index in [9.17, 15) is 0 Å². The van der Waals surface area contributed by atoms with E-state index in [4.69, 9.17) is 0 Å². The SMILES string of the molecule is C1=CC=CC=CC=C1.[C-]1=CC=CC1.[CH2-]CN(C)C.[CH3-].[CH3-].[CH3-].[CH3-].[Ti]. The van der Waals surface area contributed by atoms with E-state index in [2.05, 4.69) is 19.1 Å². The molecule has 0 aliphatic heterocycles. The first-order chi connectivity index (χ1) is 8.77. The van der Waals surface area contributed by atoms with Crippen LogP contribution in [0.15, 0.2) is 66.8 Å². The first kappa shape index (κ1) is 38.0. The van der Waals surface area contributed by atoms with Crippen molar-refractivity contribution in [3.8, 4) is 0 Å². The molecule has 0 radical (unpaired) electrons. The number of hydrogen-bond acceptors (Lipinski definition) is 1. The summed E-state index contributed by atoms with van der Waals surface area (Å²) in [6.45, 7) is 4.50. The normalized spacial score (nSPS) is 11.5. The van der Waals surface area contributed by atoms with Crippen LogP contribution in [0.5, 0.6) is 0 Å². The Morgan fingerprint density at radius 1 is 0.783 bits per heavy atom. The molecule has 0 amide bonds. The summed E-state index contributed by atoms with van der Waals surface area (Å²) in [6, 6.07) is 0. The van der Waals surface area contributed by atoms with Crippen LogP contribution in [-0.2, 0) is 21.7 Å². The van der Waals surface area contributed by atoms with Gasteiger partial charge in [0.15, 0.2) is 0 Å². The van der Waals surface area contributed by atoms with Crippen LogP contribution in [0.2, 0.25) is 0 Å². The zero-order valence-corrected chi connectivity index (χ0v) is 17.5. The molecule has 0 bridgehead atoms. The molecule has 23 heavy (non-hydrogen) atoms. The van der Waals surface area contributed by atoms with E-state index in [0.29, 0.717) is 0 Å². The third-order valence-corrected chi connectivity index (χ3v) is 1.92. The molecule has 0 N–H and O–H groups in total. The molecule has 134 valence electrons. The van der Waals surface area contributed by atoms with Crippen LogP contribution in [-0.4, -0.2) is 25.5 Å². The van der Waals surface area contributed by atoms with Crippen molar-refractivity contribution in [2.75, 3.05) is 20.6 Å². The molecule has 0 atom stereocenters. The van der Waals surface area contributed by atoms with Gasteiger partial charge < -0.3 is 41.5 Å². The summed E-state index contributed by atoms with van der Waals surface area (Å²) >= 11 is 0. The molecule has 0 aromatic heterocycles. The topological polar surface area (TPSA) is 3.24 Å². The predicted octanol–water partition coefficient (Wildman–Crippen LogP) is 5.71. The van der Waals surface area contributed by atoms with Crippen LogP contribution in [0, 0.1) is 42.7 Å². The Morgan fingerprint density at radius 3 is 1.17 bits per heavy atom. The van der Waals surface area contributed by atoms with Crippen LogP contribution < -0.4 is 0 Å². The summed E-state index contributed by atoms with van der Waals surface area (Å²) in [5.74, 6) is 0. The second kappa shape index (κ2) is 32.9. The van der Waals surface area contributed by atoms with E-state index in [1.807, 2.05) is 79.8 Å². The quantitative estimate of drug-likeness (QED) is 0.433. The molecule has 0 unspecified atom stereocenters. The van der Waals surface area contributed by atoms with Crippen molar-refractivity contribution in [2.45, 2.75) is 6.42 Å². The Labute approximate surface area is 163 Å². The van der Waals surface area contributed by atoms with Crippen LogP contribution in [0.25, 0.3) is 0 Å². The predicted molar refractivity (Wildman–Crippen MR) is 108 cm³/mol. The van der Waals surface area contributed by atoms with E-state index in [1.54, 1.807) is 0 Å². The zero-order chi connectivity index (χ0) is 13.5. The summed E-state index contributed by atoms with van der Waals surface area (Å²) in [5, 5.41) is 0. The number of nitrogens with zero attached hydrogens (tertiary/aromatic N) is 1. The van der Waals surface area contributed by atoms with Crippen molar-refractivity contribution in [1.29, 1.82) is 0 Å². The summed E-state index contributed by atoms with van der Waals surface area (Å²) < 4.78 is 0. The Kier molecular flexibility index (Phi) is 54.3. The van der Waals surface area contributed by atoms with Crippen molar-refractivity contribution in [3.63, 3.8) is 0 Å². The maximum atomic E-state index is 3.61. The number of allylic oxidation sites excluding steroid dienone is 12. The van der Waals surface area contributed by atoms with Crippen LogP contribution >= 0.6 is 0 Å². The summed E-state index contributed by atoms with van der Waals surface area (Å²) in [4.78, 5) is 2.01. The Bertz CT molecular complexity index is 279. The van der Waals surface area contributed by atoms with Gasteiger partial charge in [-0.1, -0.05) is 48.6 Å². The first-order valence-corrected chi connectivity index (χ1v) is 6.09. The minimum Gasteiger partial charge on any atom is -0.358 e. The molecule has 2 heteroatoms. The second-order valence-electron chi connectivity index (χ2n) is 3.85. The van der Waals surface area contributed by atoms with Gasteiger partial charge in [-0.05, 0) is 14.1 Å². The van der Waals surface area contributed by atoms with Gasteiger partial charge in [0.2, 0.25) is 0 Å². The third-order valence-electron chi connectivity index (χ3n) is 1.92. The fraction of sp³-hybridized carbons (Fsp3) is 0.190. The van der Waals surface area contributed by atoms with E-state index in [1.165, 1.54) is 0 Å². The molecule has 0 aromatic carbocycles. The average molecular weight is 349 g/mol. The zero-order valence-electron chi connectivity index (χ0n) is 15.9. The van der Waals surface area contributed by atoms with Crippen molar-refractivity contribution in [2.24, 2.45) is 0 Å². The van der Waals surface area contributed by atoms with Gasteiger partial charge in [0.1, 0.15) is 0 Å². The monoisotopic (exact) mass is 349 g/mol. The maximum Gasteiger partial charge on any atom is 0 e. The van der Waals surface area contributed by atoms with Crippen molar-refractivity contribution in [3.05, 3.63) is 110 Å². The fourth-order valence-corrected chi connectivity index (χ4v) is 0.853. The Morgan fingerprint density at radius 2 is 1.09 bits per heavy atom. The molecular formula is C21H35NTi-6. The summed E-state index contributed by atoms with van der Waals surface area (Å²) in [6.07, 6.45) is 26.0. The van der Waals surface area contributed by atoms with E-state index >= 15 is 0 Å². The van der Waals surface area contributed by atoms with Gasteiger partial charge in [-0.25, -0.2) is 12.2 Å². The van der Waals surface area contributed by atoms with Crippen LogP contribution in [0.3, 0.4) is 0 Å². The van der Waals surface area contributed by atoms with E-state index < -0.39 is 0 Å². The molecule has 2 aliphatic carbocycles. The van der Waals surface area contributed by atoms with Gasteiger partial charge >= 0.3 is 0 Å². The standard InChI is InChI=1S/C8H8.C5H5.C4H10N.4CH3.Ti/c1-2-4-6-8-7-5-3-1;1-2-4-5-3-1;1-4-5(2)3;;;;;/h1-8H;1-3H,4H2;1,4H2,2-3H3;4*1H3;/q;6*-1;. The molecule has 0 heterocycles. The molecule has 2 rings (SSSR count). The molecule has 0 saturated heterocycles. The molecule has 2 aliphatic rings. The molecule has 0 saturated carbocycles. The first-order valence-electron chi connectivity index (χ1n) is 6.09. The molecule has 0 aromatic rings. The number of rotatable bonds is 1. The smallest absolute Gasteiger partial charge is 0 e. The third kappa shape index (κ3) is 38.7. The Hall–Kier alpha value is -0.886. The number of hydrogen-bond donors (Lipinski definition) is 0. The maximum absolute atomic E-state index is 3.61. The van der Waals surface area contributed by atoms with Gasteiger partial charge in [0.05, 0.1) is 0 Å². The van der Waals surface area contributed by atoms with Gasteiger partial charge in [-0.3, -0.25) is 6.08 Å². The molecule has 1 nitrogen and oxygen atoms in total. The van der Waals surface area contributed by atoms with Gasteiger partial charge in [0.25, 0.3) is 0 Å². The minimum absolute atomic E-state index is 0. The van der Waals surface area contributed by atoms with Crippen LogP contribution in [0.1, 0.15) is 6.42 Å². The van der Waals surface area contributed by atoms with E-state index in [-0.39, 0.29) is 51.4 Å². The van der Waals surface area contributed by atoms with Gasteiger partial charge in [0, 0.05) is 21.7 Å². The fourth-order valence-electron chi connectivity index (χ4n) is 0.853. The van der Waals surface area contributed by atoms with Crippen molar-refractivity contribution < 1.29 is 21.7 Å². The second-order valence-corrected chi connectivity index (χ2v) is 3.85.